The lowest BCUT2D eigenvalue weighted by molar-refractivity contribution is 0.0680. The lowest BCUT2D eigenvalue weighted by atomic mass is 10.2. The van der Waals surface area contributed by atoms with Crippen molar-refractivity contribution in [1.82, 2.24) is 10.2 Å². The molecule has 0 aliphatic carbocycles. The Kier molecular flexibility index (Phi) is 5.00. The maximum absolute atomic E-state index is 12.1. The van der Waals surface area contributed by atoms with Gasteiger partial charge in [0.2, 0.25) is 0 Å². The van der Waals surface area contributed by atoms with E-state index in [9.17, 15) is 4.79 Å². The Morgan fingerprint density at radius 2 is 2.29 bits per heavy atom. The van der Waals surface area contributed by atoms with E-state index in [1.54, 1.807) is 6.07 Å². The first-order chi connectivity index (χ1) is 11.6. The zero-order valence-corrected chi connectivity index (χ0v) is 13.9. The van der Waals surface area contributed by atoms with Crippen LogP contribution in [0, 0.1) is 13.8 Å². The molecule has 1 aromatic carbocycles. The van der Waals surface area contributed by atoms with Crippen LogP contribution in [-0.4, -0.2) is 35.5 Å². The van der Waals surface area contributed by atoms with Crippen molar-refractivity contribution < 1.29 is 14.3 Å². The summed E-state index contributed by atoms with van der Waals surface area (Å²) in [5.41, 5.74) is 2.92. The number of H-pyrrole nitrogens is 1. The van der Waals surface area contributed by atoms with Crippen molar-refractivity contribution in [1.29, 1.82) is 0 Å². The number of urea groups is 1. The molecule has 1 fully saturated rings. The first-order valence-electron chi connectivity index (χ1n) is 8.06. The molecular weight excluding hydrogens is 308 g/mol. The van der Waals surface area contributed by atoms with Gasteiger partial charge in [-0.05, 0) is 38.8 Å². The molecule has 0 radical (unpaired) electrons. The van der Waals surface area contributed by atoms with Gasteiger partial charge in [-0.1, -0.05) is 6.07 Å². The van der Waals surface area contributed by atoms with Crippen molar-refractivity contribution in [3.8, 4) is 5.75 Å². The highest BCUT2D eigenvalue weighted by atomic mass is 16.5. The van der Waals surface area contributed by atoms with E-state index in [1.165, 1.54) is 0 Å². The average Bonchev–Trinajstić information content (AvgIpc) is 3.19. The minimum Gasteiger partial charge on any atom is -0.491 e. The molecule has 128 valence electrons. The number of aromatic amines is 1. The molecule has 1 atom stereocenters. The van der Waals surface area contributed by atoms with Crippen LogP contribution in [0.25, 0.3) is 0 Å². The number of ether oxygens (including phenoxy) is 2. The fourth-order valence-electron chi connectivity index (χ4n) is 2.64. The predicted octanol–water partition coefficient (Wildman–Crippen LogP) is 3.23. The molecule has 0 spiro atoms. The van der Waals surface area contributed by atoms with E-state index >= 15 is 0 Å². The Balaban J connectivity index is 1.56. The van der Waals surface area contributed by atoms with Gasteiger partial charge in [0.1, 0.15) is 12.4 Å². The molecule has 2 amide bonds. The van der Waals surface area contributed by atoms with Gasteiger partial charge in [-0.3, -0.25) is 5.10 Å². The normalized spacial score (nSPS) is 16.8. The second-order valence-corrected chi connectivity index (χ2v) is 5.86. The minimum atomic E-state index is -0.320. The van der Waals surface area contributed by atoms with Gasteiger partial charge in [-0.2, -0.15) is 5.10 Å². The highest BCUT2D eigenvalue weighted by molar-refractivity contribution is 6.00. The van der Waals surface area contributed by atoms with Gasteiger partial charge in [-0.25, -0.2) is 4.79 Å². The van der Waals surface area contributed by atoms with E-state index in [1.807, 2.05) is 32.0 Å². The number of amides is 2. The molecule has 0 saturated carbocycles. The minimum absolute atomic E-state index is 0.164. The van der Waals surface area contributed by atoms with Gasteiger partial charge in [-0.15, -0.1) is 0 Å². The number of carbonyl (C=O) groups excluding carboxylic acids is 1. The van der Waals surface area contributed by atoms with Crippen LogP contribution in [0.15, 0.2) is 24.3 Å². The maximum Gasteiger partial charge on any atom is 0.323 e. The summed E-state index contributed by atoms with van der Waals surface area (Å²) in [5.74, 6) is 0.707. The Morgan fingerprint density at radius 1 is 1.42 bits per heavy atom. The summed E-state index contributed by atoms with van der Waals surface area (Å²) in [4.78, 5) is 12.1. The smallest absolute Gasteiger partial charge is 0.323 e. The molecule has 1 saturated heterocycles. The molecule has 1 aromatic heterocycles. The van der Waals surface area contributed by atoms with Crippen LogP contribution in [0.1, 0.15) is 24.2 Å². The van der Waals surface area contributed by atoms with Crippen LogP contribution in [-0.2, 0) is 4.74 Å². The number of hydrogen-bond acceptors (Lipinski definition) is 4. The van der Waals surface area contributed by atoms with E-state index in [-0.39, 0.29) is 12.1 Å². The van der Waals surface area contributed by atoms with Gasteiger partial charge >= 0.3 is 6.03 Å². The van der Waals surface area contributed by atoms with E-state index < -0.39 is 0 Å². The fraction of sp³-hybridized carbons (Fsp3) is 0.412. The molecule has 3 rings (SSSR count). The quantitative estimate of drug-likeness (QED) is 0.785. The third-order valence-corrected chi connectivity index (χ3v) is 3.92. The zero-order valence-electron chi connectivity index (χ0n) is 13.9. The van der Waals surface area contributed by atoms with Crippen molar-refractivity contribution in [2.45, 2.75) is 32.8 Å². The summed E-state index contributed by atoms with van der Waals surface area (Å²) in [6.45, 7) is 5.03. The number of aryl methyl sites for hydroxylation is 2. The number of anilines is 2. The van der Waals surface area contributed by atoms with E-state index in [4.69, 9.17) is 9.47 Å². The standard InChI is InChI=1S/C17H22N4O3/c1-11-16(12(2)21-20-11)19-17(22)18-13-5-3-6-14(9-13)24-10-15-7-4-8-23-15/h3,5-6,9,15H,4,7-8,10H2,1-2H3,(H,20,21)(H2,18,19,22)/t15-/m1/s1. The Labute approximate surface area is 140 Å². The van der Waals surface area contributed by atoms with Crippen LogP contribution in [0.3, 0.4) is 0 Å². The number of nitrogens with zero attached hydrogens (tertiary/aromatic N) is 1. The molecule has 2 aromatic rings. The zero-order chi connectivity index (χ0) is 16.9. The second-order valence-electron chi connectivity index (χ2n) is 5.86. The van der Waals surface area contributed by atoms with Crippen molar-refractivity contribution >= 4 is 17.4 Å². The van der Waals surface area contributed by atoms with Crippen molar-refractivity contribution in [3.63, 3.8) is 0 Å². The lowest BCUT2D eigenvalue weighted by Crippen LogP contribution is -2.20. The molecule has 1 aliphatic heterocycles. The Bertz CT molecular complexity index is 688. The third-order valence-electron chi connectivity index (χ3n) is 3.92. The van der Waals surface area contributed by atoms with Crippen LogP contribution in [0.2, 0.25) is 0 Å². The monoisotopic (exact) mass is 330 g/mol. The van der Waals surface area contributed by atoms with E-state index in [0.717, 1.165) is 30.8 Å². The van der Waals surface area contributed by atoms with Gasteiger partial charge in [0.05, 0.1) is 23.2 Å². The van der Waals surface area contributed by atoms with Crippen LogP contribution < -0.4 is 15.4 Å². The van der Waals surface area contributed by atoms with Gasteiger partial charge in [0.15, 0.2) is 0 Å². The summed E-state index contributed by atoms with van der Waals surface area (Å²) in [6.07, 6.45) is 2.28. The number of hydrogen-bond donors (Lipinski definition) is 3. The third kappa shape index (κ3) is 4.05. The largest absolute Gasteiger partial charge is 0.491 e. The summed E-state index contributed by atoms with van der Waals surface area (Å²) in [6, 6.07) is 6.99. The molecular formula is C17H22N4O3. The van der Waals surface area contributed by atoms with Crippen LogP contribution in [0.5, 0.6) is 5.75 Å². The summed E-state index contributed by atoms with van der Waals surface area (Å²) < 4.78 is 11.3. The van der Waals surface area contributed by atoms with Gasteiger partial charge in [0.25, 0.3) is 0 Å². The van der Waals surface area contributed by atoms with Crippen LogP contribution in [0.4, 0.5) is 16.2 Å². The average molecular weight is 330 g/mol. The van der Waals surface area contributed by atoms with Crippen molar-refractivity contribution in [2.24, 2.45) is 0 Å². The van der Waals surface area contributed by atoms with Crippen molar-refractivity contribution in [3.05, 3.63) is 35.7 Å². The number of carbonyl (C=O) groups is 1. The topological polar surface area (TPSA) is 88.3 Å². The Hall–Kier alpha value is -2.54. The molecule has 0 unspecified atom stereocenters. The fourth-order valence-corrected chi connectivity index (χ4v) is 2.64. The highest BCUT2D eigenvalue weighted by Gasteiger charge is 2.16. The highest BCUT2D eigenvalue weighted by Crippen LogP contribution is 2.21. The summed E-state index contributed by atoms with van der Waals surface area (Å²) in [7, 11) is 0. The second kappa shape index (κ2) is 7.35. The van der Waals surface area contributed by atoms with E-state index in [0.29, 0.717) is 23.7 Å². The molecule has 3 N–H and O–H groups in total. The SMILES string of the molecule is Cc1n[nH]c(C)c1NC(=O)Nc1cccc(OC[C@H]2CCCO2)c1. The molecule has 2 heterocycles. The van der Waals surface area contributed by atoms with Crippen molar-refractivity contribution in [2.75, 3.05) is 23.8 Å². The van der Waals surface area contributed by atoms with Gasteiger partial charge < -0.3 is 20.1 Å². The molecule has 24 heavy (non-hydrogen) atoms. The maximum atomic E-state index is 12.1. The molecule has 7 nitrogen and oxygen atoms in total. The summed E-state index contributed by atoms with van der Waals surface area (Å²) >= 11 is 0. The number of benzene rings is 1. The molecule has 0 bridgehead atoms. The molecule has 1 aliphatic rings. The number of rotatable bonds is 5. The first-order valence-corrected chi connectivity index (χ1v) is 8.06. The summed E-state index contributed by atoms with van der Waals surface area (Å²) in [5, 5.41) is 12.5. The number of aromatic nitrogens is 2. The first kappa shape index (κ1) is 16.3. The predicted molar refractivity (Wildman–Crippen MR) is 91.6 cm³/mol. The van der Waals surface area contributed by atoms with Crippen LogP contribution >= 0.6 is 0 Å². The number of nitrogens with one attached hydrogen (secondary N) is 3. The molecule has 7 heteroatoms. The Morgan fingerprint density at radius 3 is 3.00 bits per heavy atom. The van der Waals surface area contributed by atoms with E-state index in [2.05, 4.69) is 20.8 Å². The lowest BCUT2D eigenvalue weighted by Gasteiger charge is -2.13. The van der Waals surface area contributed by atoms with Gasteiger partial charge in [0, 0.05) is 18.4 Å².